The fraction of sp³-hybridized carbons (Fsp3) is 0.522. The normalized spacial score (nSPS) is 16.9. The first kappa shape index (κ1) is 21.2. The zero-order valence-corrected chi connectivity index (χ0v) is 18.6. The van der Waals surface area contributed by atoms with Crippen LogP contribution in [0.15, 0.2) is 24.3 Å². The van der Waals surface area contributed by atoms with E-state index < -0.39 is 0 Å². The molecule has 0 saturated carbocycles. The number of anilines is 2. The van der Waals surface area contributed by atoms with Crippen LogP contribution in [-0.4, -0.2) is 74.3 Å². The van der Waals surface area contributed by atoms with Gasteiger partial charge in [0.1, 0.15) is 17.5 Å². The van der Waals surface area contributed by atoms with Crippen molar-refractivity contribution < 1.29 is 14.3 Å². The van der Waals surface area contributed by atoms with Crippen LogP contribution in [0.5, 0.6) is 11.5 Å². The third kappa shape index (κ3) is 4.52. The summed E-state index contributed by atoms with van der Waals surface area (Å²) in [5.74, 6) is 3.76. The van der Waals surface area contributed by atoms with E-state index in [1.54, 1.807) is 26.4 Å². The average molecular weight is 426 g/mol. The third-order valence-electron chi connectivity index (χ3n) is 6.02. The Bertz CT molecular complexity index is 921. The summed E-state index contributed by atoms with van der Waals surface area (Å²) in [6, 6.07) is 7.50. The summed E-state index contributed by atoms with van der Waals surface area (Å²) in [5, 5.41) is 0. The lowest BCUT2D eigenvalue weighted by molar-refractivity contribution is 0.0742. The van der Waals surface area contributed by atoms with Crippen LogP contribution < -0.4 is 19.3 Å². The molecule has 4 rings (SSSR count). The number of hydrogen-bond donors (Lipinski definition) is 0. The Morgan fingerprint density at radius 2 is 1.52 bits per heavy atom. The van der Waals surface area contributed by atoms with Crippen LogP contribution in [0.2, 0.25) is 0 Å². The largest absolute Gasteiger partial charge is 0.493 e. The minimum Gasteiger partial charge on any atom is -0.493 e. The number of piperazine rings is 1. The molecule has 0 radical (unpaired) electrons. The van der Waals surface area contributed by atoms with Gasteiger partial charge in [0.25, 0.3) is 5.91 Å². The van der Waals surface area contributed by atoms with E-state index in [2.05, 4.69) is 25.8 Å². The summed E-state index contributed by atoms with van der Waals surface area (Å²) < 4.78 is 10.8. The highest BCUT2D eigenvalue weighted by Gasteiger charge is 2.27. The number of para-hydroxylation sites is 1. The smallest absolute Gasteiger partial charge is 0.257 e. The number of carbonyl (C=O) groups is 1. The highest BCUT2D eigenvalue weighted by molar-refractivity contribution is 5.98. The highest BCUT2D eigenvalue weighted by atomic mass is 16.5. The van der Waals surface area contributed by atoms with E-state index in [4.69, 9.17) is 9.47 Å². The molecule has 31 heavy (non-hydrogen) atoms. The molecule has 0 spiro atoms. The van der Waals surface area contributed by atoms with Crippen molar-refractivity contribution in [3.63, 3.8) is 0 Å². The topological polar surface area (TPSA) is 71.0 Å². The number of hydrogen-bond acceptors (Lipinski definition) is 7. The maximum absolute atomic E-state index is 13.1. The second-order valence-corrected chi connectivity index (χ2v) is 8.00. The Balaban J connectivity index is 1.46. The van der Waals surface area contributed by atoms with Crippen LogP contribution in [0.4, 0.5) is 11.6 Å². The Kier molecular flexibility index (Phi) is 6.44. The van der Waals surface area contributed by atoms with E-state index in [0.29, 0.717) is 30.2 Å². The molecule has 8 nitrogen and oxygen atoms in total. The summed E-state index contributed by atoms with van der Waals surface area (Å²) in [5.41, 5.74) is 0.528. The number of methoxy groups -OCH3 is 2. The van der Waals surface area contributed by atoms with Gasteiger partial charge in [0.15, 0.2) is 11.5 Å². The molecule has 2 fully saturated rings. The Hall–Kier alpha value is -3.03. The summed E-state index contributed by atoms with van der Waals surface area (Å²) in [6.07, 6.45) is 3.72. The fourth-order valence-corrected chi connectivity index (χ4v) is 4.35. The van der Waals surface area contributed by atoms with Crippen LogP contribution in [0.1, 0.15) is 35.4 Å². The first-order chi connectivity index (χ1) is 15.1. The second-order valence-electron chi connectivity index (χ2n) is 8.00. The molecule has 2 aromatic rings. The van der Waals surface area contributed by atoms with E-state index in [1.807, 2.05) is 17.9 Å². The summed E-state index contributed by atoms with van der Waals surface area (Å²) in [7, 11) is 3.14. The monoisotopic (exact) mass is 425 g/mol. The molecular formula is C23H31N5O3. The van der Waals surface area contributed by atoms with Gasteiger partial charge in [0.05, 0.1) is 19.8 Å². The molecule has 3 heterocycles. The van der Waals surface area contributed by atoms with Gasteiger partial charge in [-0.3, -0.25) is 4.79 Å². The number of piperidine rings is 1. The summed E-state index contributed by atoms with van der Waals surface area (Å²) >= 11 is 0. The van der Waals surface area contributed by atoms with Crippen molar-refractivity contribution in [2.45, 2.75) is 26.2 Å². The van der Waals surface area contributed by atoms with Crippen molar-refractivity contribution in [1.29, 1.82) is 0 Å². The first-order valence-electron chi connectivity index (χ1n) is 11.0. The molecular weight excluding hydrogens is 394 g/mol. The predicted molar refractivity (Wildman–Crippen MR) is 120 cm³/mol. The molecule has 1 amide bonds. The molecule has 2 aliphatic rings. The number of nitrogens with zero attached hydrogens (tertiary/aromatic N) is 5. The van der Waals surface area contributed by atoms with Crippen LogP contribution in [0, 0.1) is 6.92 Å². The summed E-state index contributed by atoms with van der Waals surface area (Å²) in [6.45, 7) is 6.78. The SMILES string of the molecule is COc1cccc(C(=O)N2CCN(c3cc(N4CCCCC4)nc(C)n3)CC2)c1OC. The first-order valence-corrected chi connectivity index (χ1v) is 11.0. The minimum absolute atomic E-state index is 0.0386. The van der Waals surface area contributed by atoms with Crippen LogP contribution >= 0.6 is 0 Å². The van der Waals surface area contributed by atoms with Crippen LogP contribution in [0.25, 0.3) is 0 Å². The van der Waals surface area contributed by atoms with Gasteiger partial charge in [-0.25, -0.2) is 9.97 Å². The van der Waals surface area contributed by atoms with Gasteiger partial charge >= 0.3 is 0 Å². The maximum atomic E-state index is 13.1. The lowest BCUT2D eigenvalue weighted by Crippen LogP contribution is -2.49. The molecule has 0 aliphatic carbocycles. The van der Waals surface area contributed by atoms with Crippen LogP contribution in [0.3, 0.4) is 0 Å². The number of rotatable bonds is 5. The lowest BCUT2D eigenvalue weighted by atomic mass is 10.1. The van der Waals surface area contributed by atoms with E-state index >= 15 is 0 Å². The van der Waals surface area contributed by atoms with Gasteiger partial charge in [0.2, 0.25) is 0 Å². The molecule has 8 heteroatoms. The van der Waals surface area contributed by atoms with E-state index in [0.717, 1.165) is 43.6 Å². The number of aromatic nitrogens is 2. The molecule has 0 N–H and O–H groups in total. The minimum atomic E-state index is -0.0386. The van der Waals surface area contributed by atoms with Crippen molar-refractivity contribution in [1.82, 2.24) is 14.9 Å². The Morgan fingerprint density at radius 3 is 2.13 bits per heavy atom. The van der Waals surface area contributed by atoms with E-state index in [9.17, 15) is 4.79 Å². The molecule has 0 bridgehead atoms. The van der Waals surface area contributed by atoms with Gasteiger partial charge in [-0.05, 0) is 38.3 Å². The van der Waals surface area contributed by atoms with Gasteiger partial charge in [-0.15, -0.1) is 0 Å². The number of amides is 1. The van der Waals surface area contributed by atoms with Gasteiger partial charge in [-0.1, -0.05) is 6.07 Å². The van der Waals surface area contributed by atoms with Crippen molar-refractivity contribution >= 4 is 17.5 Å². The maximum Gasteiger partial charge on any atom is 0.257 e. The van der Waals surface area contributed by atoms with Crippen molar-refractivity contribution in [3.8, 4) is 11.5 Å². The molecule has 2 aliphatic heterocycles. The Morgan fingerprint density at radius 1 is 0.871 bits per heavy atom. The number of benzene rings is 1. The van der Waals surface area contributed by atoms with Gasteiger partial charge < -0.3 is 24.2 Å². The molecule has 1 aromatic carbocycles. The second kappa shape index (κ2) is 9.41. The van der Waals surface area contributed by atoms with Crippen molar-refractivity contribution in [3.05, 3.63) is 35.7 Å². The van der Waals surface area contributed by atoms with Crippen molar-refractivity contribution in [2.75, 3.05) is 63.3 Å². The molecule has 166 valence electrons. The lowest BCUT2D eigenvalue weighted by Gasteiger charge is -2.36. The standard InChI is InChI=1S/C23H31N5O3/c1-17-24-20(26-10-5-4-6-11-26)16-21(25-17)27-12-14-28(15-13-27)23(29)18-8-7-9-19(30-2)22(18)31-3/h7-9,16H,4-6,10-15H2,1-3H3. The van der Waals surface area contributed by atoms with Gasteiger partial charge in [0, 0.05) is 45.3 Å². The zero-order valence-electron chi connectivity index (χ0n) is 18.6. The van der Waals surface area contributed by atoms with E-state index in [1.165, 1.54) is 19.3 Å². The molecule has 0 unspecified atom stereocenters. The molecule has 0 atom stereocenters. The summed E-state index contributed by atoms with van der Waals surface area (Å²) in [4.78, 5) is 29.0. The highest BCUT2D eigenvalue weighted by Crippen LogP contribution is 2.32. The predicted octanol–water partition coefficient (Wildman–Crippen LogP) is 2.75. The molecule has 1 aromatic heterocycles. The fourth-order valence-electron chi connectivity index (χ4n) is 4.35. The average Bonchev–Trinajstić information content (AvgIpc) is 2.83. The van der Waals surface area contributed by atoms with Crippen molar-refractivity contribution in [2.24, 2.45) is 0 Å². The Labute approximate surface area is 183 Å². The molecule has 2 saturated heterocycles. The van der Waals surface area contributed by atoms with Gasteiger partial charge in [-0.2, -0.15) is 0 Å². The third-order valence-corrected chi connectivity index (χ3v) is 6.02. The van der Waals surface area contributed by atoms with E-state index in [-0.39, 0.29) is 5.91 Å². The van der Waals surface area contributed by atoms with Crippen LogP contribution in [-0.2, 0) is 0 Å². The quantitative estimate of drug-likeness (QED) is 0.729. The number of ether oxygens (including phenoxy) is 2. The number of aryl methyl sites for hydroxylation is 1. The zero-order chi connectivity index (χ0) is 21.8. The number of carbonyl (C=O) groups excluding carboxylic acids is 1.